The first kappa shape index (κ1) is 43.4. The average molecular weight is 952 g/mol. The van der Waals surface area contributed by atoms with Gasteiger partial charge in [-0.1, -0.05) is 198 Å². The van der Waals surface area contributed by atoms with Crippen LogP contribution in [0.4, 0.5) is 0 Å². The van der Waals surface area contributed by atoms with Crippen LogP contribution in [0, 0.1) is 0 Å². The highest BCUT2D eigenvalue weighted by atomic mass is 16.3. The van der Waals surface area contributed by atoms with Gasteiger partial charge < -0.3 is 8.98 Å². The van der Waals surface area contributed by atoms with E-state index in [0.29, 0.717) is 17.6 Å². The molecule has 0 saturated heterocycles. The Labute approximate surface area is 428 Å². The minimum Gasteiger partial charge on any atom is -0.455 e. The summed E-state index contributed by atoms with van der Waals surface area (Å²) in [5.74, 6) is 1.83. The normalized spacial score (nSPS) is 12.7. The van der Waals surface area contributed by atoms with E-state index >= 15 is 0 Å². The van der Waals surface area contributed by atoms with Crippen LogP contribution in [-0.2, 0) is 5.41 Å². The van der Waals surface area contributed by atoms with Gasteiger partial charge in [0.1, 0.15) is 11.2 Å². The van der Waals surface area contributed by atoms with Crippen molar-refractivity contribution >= 4 is 65.6 Å². The second-order valence-electron chi connectivity index (χ2n) is 19.6. The van der Waals surface area contributed by atoms with Crippen molar-refractivity contribution in [1.82, 2.24) is 24.1 Å². The minimum absolute atomic E-state index is 0.202. The van der Waals surface area contributed by atoms with E-state index in [0.717, 1.165) is 93.8 Å². The zero-order chi connectivity index (χ0) is 49.7. The molecule has 6 heteroatoms. The van der Waals surface area contributed by atoms with Crippen LogP contribution in [-0.4, -0.2) is 24.1 Å². The molecule has 6 nitrogen and oxygen atoms in total. The molecule has 0 atom stereocenters. The van der Waals surface area contributed by atoms with Crippen molar-refractivity contribution in [2.45, 2.75) is 33.1 Å². The lowest BCUT2D eigenvalue weighted by Gasteiger charge is -2.21. The summed E-state index contributed by atoms with van der Waals surface area (Å²) in [7, 11) is 0. The molecular formula is C68H49N5O. The minimum atomic E-state index is -0.202. The molecule has 1 aliphatic rings. The van der Waals surface area contributed by atoms with Gasteiger partial charge in [-0.3, -0.25) is 4.57 Å². The van der Waals surface area contributed by atoms with Crippen molar-refractivity contribution in [3.05, 3.63) is 236 Å². The van der Waals surface area contributed by atoms with E-state index in [4.69, 9.17) is 19.4 Å². The molecule has 352 valence electrons. The van der Waals surface area contributed by atoms with Gasteiger partial charge in [0.25, 0.3) is 0 Å². The second kappa shape index (κ2) is 16.9. The molecular weight excluding hydrogens is 903 g/mol. The lowest BCUT2D eigenvalue weighted by molar-refractivity contribution is 0.661. The van der Waals surface area contributed by atoms with Crippen LogP contribution < -0.4 is 0 Å². The number of hydrogen-bond donors (Lipinski definition) is 0. The molecule has 10 aromatic carbocycles. The third-order valence-electron chi connectivity index (χ3n) is 15.2. The van der Waals surface area contributed by atoms with E-state index in [9.17, 15) is 0 Å². The Morgan fingerprint density at radius 1 is 0.351 bits per heavy atom. The quantitative estimate of drug-likeness (QED) is 0.167. The smallest absolute Gasteiger partial charge is 0.238 e. The van der Waals surface area contributed by atoms with Crippen molar-refractivity contribution in [3.63, 3.8) is 0 Å². The van der Waals surface area contributed by atoms with Crippen LogP contribution in [0.25, 0.3) is 133 Å². The predicted molar refractivity (Wildman–Crippen MR) is 306 cm³/mol. The molecule has 0 spiro atoms. The van der Waals surface area contributed by atoms with E-state index in [1.807, 2.05) is 62.4 Å². The fourth-order valence-electron chi connectivity index (χ4n) is 11.7. The van der Waals surface area contributed by atoms with Crippen molar-refractivity contribution in [1.29, 1.82) is 0 Å². The van der Waals surface area contributed by atoms with Crippen LogP contribution >= 0.6 is 0 Å². The molecule has 14 aromatic rings. The van der Waals surface area contributed by atoms with Gasteiger partial charge in [-0.2, -0.15) is 9.97 Å². The first-order chi connectivity index (χ1) is 36.4. The molecule has 1 aliphatic carbocycles. The first-order valence-electron chi connectivity index (χ1n) is 25.6. The summed E-state index contributed by atoms with van der Waals surface area (Å²) in [4.78, 5) is 15.7. The van der Waals surface area contributed by atoms with Gasteiger partial charge >= 0.3 is 0 Å². The van der Waals surface area contributed by atoms with E-state index in [-0.39, 0.29) is 5.41 Å². The van der Waals surface area contributed by atoms with Crippen LogP contribution in [0.5, 0.6) is 0 Å². The van der Waals surface area contributed by atoms with Gasteiger partial charge in [-0.15, -0.1) is 0 Å². The number of fused-ring (bicyclic) bond motifs is 12. The Morgan fingerprint density at radius 3 is 1.69 bits per heavy atom. The molecule has 0 unspecified atom stereocenters. The maximum atomic E-state index is 6.45. The van der Waals surface area contributed by atoms with Gasteiger partial charge in [0, 0.05) is 60.1 Å². The summed E-state index contributed by atoms with van der Waals surface area (Å²) < 4.78 is 11.1. The van der Waals surface area contributed by atoms with Crippen LogP contribution in [0.15, 0.2) is 229 Å². The summed E-state index contributed by atoms with van der Waals surface area (Å²) in [6.07, 6.45) is 0. The second-order valence-corrected chi connectivity index (χ2v) is 19.6. The Morgan fingerprint density at radius 2 is 0.919 bits per heavy atom. The fraction of sp³-hybridized carbons (Fsp3) is 0.0735. The van der Waals surface area contributed by atoms with Gasteiger partial charge in [-0.05, 0) is 93.5 Å². The molecule has 0 amide bonds. The molecule has 0 radical (unpaired) electrons. The van der Waals surface area contributed by atoms with E-state index in [1.54, 1.807) is 0 Å². The number of rotatable bonds is 6. The molecule has 4 aromatic heterocycles. The third kappa shape index (κ3) is 6.61. The standard InChI is InChI=1S/C66H43N5O.C2H6/c1-66(2)55-25-12-9-20-47(55)52-38-54-53-36-43(31-35-58(53)71(60(54)39-56(52)66)65-68-63(41-16-5-3-6-17-41)67-64(69-65)42-18-7-4-8-19-42)44-30-34-49-48-21-10-13-26-57(48)70(59(49)37-44)45-32-28-40(29-33-45)46-23-15-24-51-50-22-11-14-27-61(50)72-62(46)51;1-2/h3-39H,1-2H3;1-2H3. The number of benzene rings is 10. The van der Waals surface area contributed by atoms with Crippen LogP contribution in [0.3, 0.4) is 0 Å². The highest BCUT2D eigenvalue weighted by molar-refractivity contribution is 6.14. The number of aromatic nitrogens is 5. The Balaban J connectivity index is 0.00000249. The summed E-state index contributed by atoms with van der Waals surface area (Å²) in [6.45, 7) is 8.68. The number of para-hydroxylation sites is 3. The number of nitrogens with zero attached hydrogens (tertiary/aromatic N) is 5. The van der Waals surface area contributed by atoms with Gasteiger partial charge in [0.2, 0.25) is 5.95 Å². The fourth-order valence-corrected chi connectivity index (χ4v) is 11.7. The topological polar surface area (TPSA) is 61.7 Å². The monoisotopic (exact) mass is 951 g/mol. The van der Waals surface area contributed by atoms with Gasteiger partial charge in [0.05, 0.1) is 22.1 Å². The van der Waals surface area contributed by atoms with Crippen molar-refractivity contribution in [3.8, 4) is 67.8 Å². The summed E-state index contributed by atoms with van der Waals surface area (Å²) in [5, 5.41) is 6.96. The molecule has 74 heavy (non-hydrogen) atoms. The molecule has 0 aliphatic heterocycles. The third-order valence-corrected chi connectivity index (χ3v) is 15.2. The molecule has 0 saturated carbocycles. The molecule has 15 rings (SSSR count). The SMILES string of the molecule is CC.CC1(C)c2ccccc2-c2cc3c4cc(-c5ccc6c7ccccc7n(-c7ccc(-c8cccc9c8oc8ccccc89)cc7)c6c5)ccc4n(-c4nc(-c5ccccc5)nc(-c5ccccc5)n4)c3cc21. The molecule has 4 heterocycles. The maximum Gasteiger partial charge on any atom is 0.238 e. The van der Waals surface area contributed by atoms with Crippen molar-refractivity contribution in [2.75, 3.05) is 0 Å². The Hall–Kier alpha value is -9.39. The molecule has 0 bridgehead atoms. The number of furan rings is 1. The summed E-state index contributed by atoms with van der Waals surface area (Å²) >= 11 is 0. The van der Waals surface area contributed by atoms with E-state index in [2.05, 4.69) is 199 Å². The number of hydrogen-bond acceptors (Lipinski definition) is 4. The summed E-state index contributed by atoms with van der Waals surface area (Å²) in [6, 6.07) is 80.2. The largest absolute Gasteiger partial charge is 0.455 e. The zero-order valence-electron chi connectivity index (χ0n) is 41.5. The predicted octanol–water partition coefficient (Wildman–Crippen LogP) is 18.0. The summed E-state index contributed by atoms with van der Waals surface area (Å²) in [5.41, 5.74) is 18.6. The lowest BCUT2D eigenvalue weighted by atomic mass is 9.82. The highest BCUT2D eigenvalue weighted by Crippen LogP contribution is 2.51. The molecule has 0 N–H and O–H groups in total. The lowest BCUT2D eigenvalue weighted by Crippen LogP contribution is -2.15. The van der Waals surface area contributed by atoms with Crippen LogP contribution in [0.2, 0.25) is 0 Å². The maximum absolute atomic E-state index is 6.45. The zero-order valence-corrected chi connectivity index (χ0v) is 41.5. The molecule has 0 fully saturated rings. The van der Waals surface area contributed by atoms with Crippen molar-refractivity contribution in [2.24, 2.45) is 0 Å². The Bertz CT molecular complexity index is 4460. The van der Waals surface area contributed by atoms with Gasteiger partial charge in [-0.25, -0.2) is 4.98 Å². The van der Waals surface area contributed by atoms with E-state index < -0.39 is 0 Å². The highest BCUT2D eigenvalue weighted by Gasteiger charge is 2.36. The Kier molecular flexibility index (Phi) is 9.89. The van der Waals surface area contributed by atoms with Crippen LogP contribution in [0.1, 0.15) is 38.8 Å². The van der Waals surface area contributed by atoms with Gasteiger partial charge in [0.15, 0.2) is 11.6 Å². The van der Waals surface area contributed by atoms with Crippen molar-refractivity contribution < 1.29 is 4.42 Å². The first-order valence-corrected chi connectivity index (χ1v) is 25.6. The van der Waals surface area contributed by atoms with E-state index in [1.165, 1.54) is 33.0 Å². The average Bonchev–Trinajstić information content (AvgIpc) is 4.18.